The average molecular weight is 326 g/mol. The van der Waals surface area contributed by atoms with Gasteiger partial charge in [-0.25, -0.2) is 0 Å². The van der Waals surface area contributed by atoms with E-state index in [4.69, 9.17) is 0 Å². The fourth-order valence-corrected chi connectivity index (χ4v) is 2.58. The summed E-state index contributed by atoms with van der Waals surface area (Å²) < 4.78 is 4.58. The highest BCUT2D eigenvalue weighted by Crippen LogP contribution is 2.13. The number of hydrogen-bond donors (Lipinski definition) is 1. The van der Waals surface area contributed by atoms with E-state index in [0.717, 1.165) is 12.3 Å². The molecule has 0 bridgehead atoms. The summed E-state index contributed by atoms with van der Waals surface area (Å²) in [4.78, 5) is 10.9. The van der Waals surface area contributed by atoms with Gasteiger partial charge in [0.05, 0.1) is 13.5 Å². The van der Waals surface area contributed by atoms with Crippen LogP contribution in [-0.4, -0.2) is 19.6 Å². The lowest BCUT2D eigenvalue weighted by Gasteiger charge is -2.04. The van der Waals surface area contributed by atoms with Crippen LogP contribution in [0.4, 0.5) is 0 Å². The van der Waals surface area contributed by atoms with Crippen molar-refractivity contribution in [3.8, 4) is 0 Å². The maximum atomic E-state index is 10.9. The smallest absolute Gasteiger partial charge is 0.307 e. The third kappa shape index (κ3) is 19.0. The Bertz CT molecular complexity index is 287. The van der Waals surface area contributed by atoms with Gasteiger partial charge in [0.15, 0.2) is 0 Å². The Hall–Kier alpha value is -0.990. The Balaban J connectivity index is 3.11. The summed E-state index contributed by atoms with van der Waals surface area (Å²) in [5, 5.41) is 3.11. The first-order chi connectivity index (χ1) is 11.2. The van der Waals surface area contributed by atoms with Gasteiger partial charge in [-0.1, -0.05) is 77.7 Å². The van der Waals surface area contributed by atoms with Gasteiger partial charge in [-0.2, -0.15) is 0 Å². The molecular formula is C20H39NO2. The van der Waals surface area contributed by atoms with Gasteiger partial charge in [0.2, 0.25) is 0 Å². The summed E-state index contributed by atoms with van der Waals surface area (Å²) >= 11 is 0. The van der Waals surface area contributed by atoms with Gasteiger partial charge in [-0.3, -0.25) is 4.79 Å². The molecule has 3 nitrogen and oxygen atoms in total. The molecule has 1 N–H and O–H groups in total. The van der Waals surface area contributed by atoms with Crippen molar-refractivity contribution in [1.82, 2.24) is 5.32 Å². The van der Waals surface area contributed by atoms with Crippen molar-refractivity contribution in [2.45, 2.75) is 90.9 Å². The van der Waals surface area contributed by atoms with E-state index in [1.54, 1.807) is 0 Å². The van der Waals surface area contributed by atoms with Crippen LogP contribution in [0.15, 0.2) is 12.3 Å². The fourth-order valence-electron chi connectivity index (χ4n) is 2.58. The molecule has 0 aromatic carbocycles. The van der Waals surface area contributed by atoms with E-state index in [9.17, 15) is 4.79 Å². The molecule has 0 aromatic rings. The second-order valence-electron chi connectivity index (χ2n) is 6.84. The maximum Gasteiger partial charge on any atom is 0.307 e. The van der Waals surface area contributed by atoms with Gasteiger partial charge < -0.3 is 10.1 Å². The van der Waals surface area contributed by atoms with Crippen LogP contribution in [0.5, 0.6) is 0 Å². The molecular weight excluding hydrogens is 286 g/mol. The van der Waals surface area contributed by atoms with E-state index in [1.165, 1.54) is 71.3 Å². The maximum absolute atomic E-state index is 10.9. The number of carbonyl (C=O) groups is 1. The Morgan fingerprint density at radius 1 is 0.957 bits per heavy atom. The van der Waals surface area contributed by atoms with Crippen molar-refractivity contribution in [3.63, 3.8) is 0 Å². The molecule has 0 amide bonds. The van der Waals surface area contributed by atoms with Crippen LogP contribution in [0.3, 0.4) is 0 Å². The molecule has 0 aliphatic heterocycles. The molecule has 136 valence electrons. The fraction of sp³-hybridized carbons (Fsp3) is 0.850. The minimum absolute atomic E-state index is 0.161. The highest BCUT2D eigenvalue weighted by Gasteiger charge is 1.96. The van der Waals surface area contributed by atoms with E-state index in [-0.39, 0.29) is 5.97 Å². The molecule has 0 saturated heterocycles. The van der Waals surface area contributed by atoms with Crippen LogP contribution in [0, 0.1) is 5.92 Å². The minimum Gasteiger partial charge on any atom is -0.469 e. The first-order valence-corrected chi connectivity index (χ1v) is 9.62. The average Bonchev–Trinajstić information content (AvgIpc) is 2.53. The summed E-state index contributed by atoms with van der Waals surface area (Å²) in [6.07, 6.45) is 19.5. The Labute approximate surface area is 144 Å². The van der Waals surface area contributed by atoms with Crippen LogP contribution >= 0.6 is 0 Å². The standard InChI is InChI=1S/C20H39NO2/c1-19(2)15-13-11-9-7-5-4-6-8-10-12-14-17-21-18-16-20(22)23-3/h14,17,19,21H,4-13,15-16,18H2,1-3H3. The van der Waals surface area contributed by atoms with Gasteiger partial charge in [0.25, 0.3) is 0 Å². The number of allylic oxidation sites excluding steroid dienone is 1. The number of rotatable bonds is 16. The van der Waals surface area contributed by atoms with Gasteiger partial charge in [-0.15, -0.1) is 0 Å². The molecule has 0 rings (SSSR count). The normalized spacial score (nSPS) is 11.3. The topological polar surface area (TPSA) is 38.3 Å². The lowest BCUT2D eigenvalue weighted by Crippen LogP contribution is -2.12. The molecule has 0 aromatic heterocycles. The highest BCUT2D eigenvalue weighted by molar-refractivity contribution is 5.69. The number of unbranched alkanes of at least 4 members (excludes halogenated alkanes) is 9. The lowest BCUT2D eigenvalue weighted by molar-refractivity contribution is -0.140. The zero-order valence-corrected chi connectivity index (χ0v) is 15.7. The molecule has 0 spiro atoms. The van der Waals surface area contributed by atoms with Gasteiger partial charge in [-0.05, 0) is 25.0 Å². The summed E-state index contributed by atoms with van der Waals surface area (Å²) in [5.41, 5.74) is 0. The summed E-state index contributed by atoms with van der Waals surface area (Å²) in [6, 6.07) is 0. The lowest BCUT2D eigenvalue weighted by atomic mass is 10.0. The molecule has 0 aliphatic carbocycles. The Morgan fingerprint density at radius 2 is 1.52 bits per heavy atom. The highest BCUT2D eigenvalue weighted by atomic mass is 16.5. The van der Waals surface area contributed by atoms with Crippen molar-refractivity contribution in [1.29, 1.82) is 0 Å². The van der Waals surface area contributed by atoms with Crippen molar-refractivity contribution in [2.75, 3.05) is 13.7 Å². The molecule has 0 saturated carbocycles. The second-order valence-corrected chi connectivity index (χ2v) is 6.84. The summed E-state index contributed by atoms with van der Waals surface area (Å²) in [7, 11) is 1.42. The molecule has 3 heteroatoms. The first-order valence-electron chi connectivity index (χ1n) is 9.62. The zero-order valence-electron chi connectivity index (χ0n) is 15.7. The molecule has 0 heterocycles. The first kappa shape index (κ1) is 22.0. The van der Waals surface area contributed by atoms with Gasteiger partial charge in [0.1, 0.15) is 0 Å². The number of ether oxygens (including phenoxy) is 1. The molecule has 23 heavy (non-hydrogen) atoms. The zero-order chi connectivity index (χ0) is 17.2. The molecule has 0 atom stereocenters. The largest absolute Gasteiger partial charge is 0.469 e. The molecule has 0 aliphatic rings. The van der Waals surface area contributed by atoms with Crippen LogP contribution in [-0.2, 0) is 9.53 Å². The molecule has 0 fully saturated rings. The number of methoxy groups -OCH3 is 1. The van der Waals surface area contributed by atoms with E-state index in [2.05, 4.69) is 30.0 Å². The van der Waals surface area contributed by atoms with Crippen LogP contribution in [0.2, 0.25) is 0 Å². The predicted octanol–water partition coefficient (Wildman–Crippen LogP) is 5.60. The minimum atomic E-state index is -0.161. The number of esters is 1. The number of hydrogen-bond acceptors (Lipinski definition) is 3. The van der Waals surface area contributed by atoms with Crippen molar-refractivity contribution < 1.29 is 9.53 Å². The van der Waals surface area contributed by atoms with E-state index in [0.29, 0.717) is 13.0 Å². The summed E-state index contributed by atoms with van der Waals surface area (Å²) in [5.74, 6) is 0.706. The van der Waals surface area contributed by atoms with Crippen molar-refractivity contribution in [2.24, 2.45) is 5.92 Å². The number of nitrogens with one attached hydrogen (secondary N) is 1. The Kier molecular flexibility index (Phi) is 16.6. The van der Waals surface area contributed by atoms with Crippen molar-refractivity contribution >= 4 is 5.97 Å². The second kappa shape index (κ2) is 17.4. The SMILES string of the molecule is COC(=O)CCNC=CCCCCCCCCCCCC(C)C. The van der Waals surface area contributed by atoms with Gasteiger partial charge in [0, 0.05) is 6.54 Å². The third-order valence-electron chi connectivity index (χ3n) is 4.09. The van der Waals surface area contributed by atoms with Crippen molar-refractivity contribution in [3.05, 3.63) is 12.3 Å². The van der Waals surface area contributed by atoms with Gasteiger partial charge >= 0.3 is 5.97 Å². The van der Waals surface area contributed by atoms with Crippen LogP contribution in [0.1, 0.15) is 90.9 Å². The predicted molar refractivity (Wildman–Crippen MR) is 99.4 cm³/mol. The third-order valence-corrected chi connectivity index (χ3v) is 4.09. The Morgan fingerprint density at radius 3 is 2.09 bits per heavy atom. The van der Waals surface area contributed by atoms with Crippen LogP contribution < -0.4 is 5.32 Å². The summed E-state index contributed by atoms with van der Waals surface area (Å²) in [6.45, 7) is 5.28. The quantitative estimate of drug-likeness (QED) is 0.296. The molecule has 0 radical (unpaired) electrons. The monoisotopic (exact) mass is 325 g/mol. The van der Waals surface area contributed by atoms with E-state index < -0.39 is 0 Å². The number of carbonyl (C=O) groups excluding carboxylic acids is 1. The van der Waals surface area contributed by atoms with Crippen LogP contribution in [0.25, 0.3) is 0 Å². The van der Waals surface area contributed by atoms with E-state index >= 15 is 0 Å². The molecule has 0 unspecified atom stereocenters. The van der Waals surface area contributed by atoms with E-state index in [1.807, 2.05) is 6.20 Å².